The molecule has 0 bridgehead atoms. The molecule has 0 atom stereocenters. The summed E-state index contributed by atoms with van der Waals surface area (Å²) in [6.07, 6.45) is 0. The topological polar surface area (TPSA) is 76.3 Å². The van der Waals surface area contributed by atoms with Gasteiger partial charge in [0.2, 0.25) is 0 Å². The van der Waals surface area contributed by atoms with Crippen molar-refractivity contribution in [1.29, 1.82) is 5.26 Å². The first kappa shape index (κ1) is 10.5. The van der Waals surface area contributed by atoms with Gasteiger partial charge < -0.3 is 15.5 Å². The Morgan fingerprint density at radius 2 is 1.93 bits per heavy atom. The Morgan fingerprint density at radius 3 is 2.50 bits per heavy atom. The van der Waals surface area contributed by atoms with E-state index >= 15 is 0 Å². The summed E-state index contributed by atoms with van der Waals surface area (Å²) in [6.45, 7) is -0.341. The minimum absolute atomic E-state index is 0.170. The predicted molar refractivity (Wildman–Crippen MR) is 52.7 cm³/mol. The summed E-state index contributed by atoms with van der Waals surface area (Å²) in [7, 11) is 0. The fourth-order valence-corrected chi connectivity index (χ4v) is 1.08. The number of aliphatic hydroxyl groups is 2. The van der Waals surface area contributed by atoms with Gasteiger partial charge in [-0.1, -0.05) is 12.1 Å². The Kier molecular flexibility index (Phi) is 3.92. The van der Waals surface area contributed by atoms with Crippen LogP contribution in [0.15, 0.2) is 24.3 Å². The van der Waals surface area contributed by atoms with Gasteiger partial charge in [0, 0.05) is 0 Å². The van der Waals surface area contributed by atoms with Crippen LogP contribution < -0.4 is 5.32 Å². The van der Waals surface area contributed by atoms with Gasteiger partial charge >= 0.3 is 0 Å². The summed E-state index contributed by atoms with van der Waals surface area (Å²) < 4.78 is 0. The molecule has 0 amide bonds. The highest BCUT2D eigenvalue weighted by Crippen LogP contribution is 2.14. The van der Waals surface area contributed by atoms with Crippen LogP contribution >= 0.6 is 0 Å². The van der Waals surface area contributed by atoms with E-state index in [1.165, 1.54) is 0 Å². The lowest BCUT2D eigenvalue weighted by atomic mass is 10.2. The van der Waals surface area contributed by atoms with Crippen molar-refractivity contribution < 1.29 is 10.2 Å². The number of nitriles is 1. The molecule has 3 N–H and O–H groups in total. The number of anilines is 1. The minimum Gasteiger partial charge on any atom is -0.394 e. The van der Waals surface area contributed by atoms with Crippen LogP contribution in [0.3, 0.4) is 0 Å². The van der Waals surface area contributed by atoms with Gasteiger partial charge in [0.1, 0.15) is 6.07 Å². The van der Waals surface area contributed by atoms with E-state index in [2.05, 4.69) is 5.32 Å². The van der Waals surface area contributed by atoms with Crippen molar-refractivity contribution in [3.63, 3.8) is 0 Å². The molecule has 0 saturated heterocycles. The van der Waals surface area contributed by atoms with Gasteiger partial charge in [0.05, 0.1) is 30.5 Å². The number of hydrogen-bond donors (Lipinski definition) is 3. The van der Waals surface area contributed by atoms with Crippen molar-refractivity contribution >= 4 is 5.69 Å². The van der Waals surface area contributed by atoms with Crippen LogP contribution in [-0.4, -0.2) is 29.5 Å². The number of hydrogen-bond acceptors (Lipinski definition) is 4. The monoisotopic (exact) mass is 192 g/mol. The second-order valence-electron chi connectivity index (χ2n) is 2.86. The molecule has 0 saturated carbocycles. The minimum atomic E-state index is -0.426. The first-order valence-electron chi connectivity index (χ1n) is 4.29. The van der Waals surface area contributed by atoms with Crippen molar-refractivity contribution in [2.75, 3.05) is 18.5 Å². The highest BCUT2D eigenvalue weighted by molar-refractivity contribution is 5.57. The van der Waals surface area contributed by atoms with Gasteiger partial charge in [-0.05, 0) is 12.1 Å². The Hall–Kier alpha value is -1.57. The molecule has 4 heteroatoms. The van der Waals surface area contributed by atoms with E-state index in [1.54, 1.807) is 24.3 Å². The Labute approximate surface area is 82.4 Å². The fourth-order valence-electron chi connectivity index (χ4n) is 1.08. The largest absolute Gasteiger partial charge is 0.394 e. The van der Waals surface area contributed by atoms with Crippen LogP contribution in [-0.2, 0) is 0 Å². The maximum absolute atomic E-state index is 8.85. The third-order valence-corrected chi connectivity index (χ3v) is 1.85. The fraction of sp³-hybridized carbons (Fsp3) is 0.300. The van der Waals surface area contributed by atoms with Gasteiger partial charge in [0.15, 0.2) is 0 Å². The van der Waals surface area contributed by atoms with E-state index in [9.17, 15) is 0 Å². The molecule has 0 radical (unpaired) electrons. The first-order chi connectivity index (χ1) is 6.81. The summed E-state index contributed by atoms with van der Waals surface area (Å²) in [5.74, 6) is 0. The molecule has 1 rings (SSSR count). The second-order valence-corrected chi connectivity index (χ2v) is 2.86. The van der Waals surface area contributed by atoms with Gasteiger partial charge in [-0.25, -0.2) is 0 Å². The molecule has 1 aromatic carbocycles. The average Bonchev–Trinajstić information content (AvgIpc) is 2.26. The molecule has 14 heavy (non-hydrogen) atoms. The summed E-state index contributed by atoms with van der Waals surface area (Å²) in [4.78, 5) is 0. The number of aliphatic hydroxyl groups excluding tert-OH is 2. The molecule has 0 spiro atoms. The lowest BCUT2D eigenvalue weighted by Gasteiger charge is -2.15. The third kappa shape index (κ3) is 2.46. The molecule has 0 unspecified atom stereocenters. The number of para-hydroxylation sites is 1. The number of benzene rings is 1. The Morgan fingerprint density at radius 1 is 1.29 bits per heavy atom. The second kappa shape index (κ2) is 5.22. The molecule has 0 heterocycles. The normalized spacial score (nSPS) is 9.86. The van der Waals surface area contributed by atoms with Crippen LogP contribution in [0.4, 0.5) is 5.69 Å². The summed E-state index contributed by atoms with van der Waals surface area (Å²) in [6, 6.07) is 8.55. The Balaban J connectivity index is 2.80. The quantitative estimate of drug-likeness (QED) is 0.642. The molecule has 0 aromatic heterocycles. The zero-order valence-corrected chi connectivity index (χ0v) is 7.64. The highest BCUT2D eigenvalue weighted by Gasteiger charge is 2.07. The van der Waals surface area contributed by atoms with Gasteiger partial charge in [-0.3, -0.25) is 0 Å². The van der Waals surface area contributed by atoms with Crippen LogP contribution in [0.1, 0.15) is 5.56 Å². The standard InChI is InChI=1S/C10H12N2O2/c11-5-8-3-1-2-4-10(8)12-9(6-13)7-14/h1-4,9,12-14H,6-7H2. The van der Waals surface area contributed by atoms with Crippen LogP contribution in [0.2, 0.25) is 0 Å². The lowest BCUT2D eigenvalue weighted by molar-refractivity contribution is 0.204. The van der Waals surface area contributed by atoms with Gasteiger partial charge in [-0.2, -0.15) is 5.26 Å². The van der Waals surface area contributed by atoms with E-state index < -0.39 is 6.04 Å². The maximum Gasteiger partial charge on any atom is 0.101 e. The number of nitrogens with zero attached hydrogens (tertiary/aromatic N) is 1. The average molecular weight is 192 g/mol. The lowest BCUT2D eigenvalue weighted by Crippen LogP contribution is -2.27. The molecule has 4 nitrogen and oxygen atoms in total. The van der Waals surface area contributed by atoms with Crippen molar-refractivity contribution in [3.8, 4) is 6.07 Å². The van der Waals surface area contributed by atoms with Crippen molar-refractivity contribution in [1.82, 2.24) is 0 Å². The zero-order chi connectivity index (χ0) is 10.4. The van der Waals surface area contributed by atoms with E-state index in [0.29, 0.717) is 11.3 Å². The molecule has 0 aliphatic rings. The first-order valence-corrected chi connectivity index (χ1v) is 4.29. The van der Waals surface area contributed by atoms with E-state index in [-0.39, 0.29) is 13.2 Å². The van der Waals surface area contributed by atoms with Crippen molar-refractivity contribution in [2.24, 2.45) is 0 Å². The van der Waals surface area contributed by atoms with Crippen molar-refractivity contribution in [2.45, 2.75) is 6.04 Å². The van der Waals surface area contributed by atoms with Crippen LogP contribution in [0.5, 0.6) is 0 Å². The highest BCUT2D eigenvalue weighted by atomic mass is 16.3. The summed E-state index contributed by atoms with van der Waals surface area (Å²) in [5, 5.41) is 29.3. The summed E-state index contributed by atoms with van der Waals surface area (Å²) in [5.41, 5.74) is 1.13. The number of nitrogens with one attached hydrogen (secondary N) is 1. The SMILES string of the molecule is N#Cc1ccccc1NC(CO)CO. The molecule has 0 aliphatic heterocycles. The number of rotatable bonds is 4. The smallest absolute Gasteiger partial charge is 0.101 e. The van der Waals surface area contributed by atoms with Crippen LogP contribution in [0.25, 0.3) is 0 Å². The van der Waals surface area contributed by atoms with E-state index in [1.807, 2.05) is 6.07 Å². The molecule has 74 valence electrons. The van der Waals surface area contributed by atoms with Crippen LogP contribution in [0, 0.1) is 11.3 Å². The van der Waals surface area contributed by atoms with Gasteiger partial charge in [-0.15, -0.1) is 0 Å². The zero-order valence-electron chi connectivity index (χ0n) is 7.64. The molecule has 1 aromatic rings. The molecule has 0 fully saturated rings. The Bertz CT molecular complexity index is 329. The van der Waals surface area contributed by atoms with Gasteiger partial charge in [0.25, 0.3) is 0 Å². The summed E-state index contributed by atoms with van der Waals surface area (Å²) >= 11 is 0. The maximum atomic E-state index is 8.85. The molecular formula is C10H12N2O2. The molecular weight excluding hydrogens is 180 g/mol. The third-order valence-electron chi connectivity index (χ3n) is 1.85. The van der Waals surface area contributed by atoms with E-state index in [0.717, 1.165) is 0 Å². The predicted octanol–water partition coefficient (Wildman–Crippen LogP) is 0.323. The molecule has 0 aliphatic carbocycles. The van der Waals surface area contributed by atoms with E-state index in [4.69, 9.17) is 15.5 Å². The van der Waals surface area contributed by atoms with Crippen molar-refractivity contribution in [3.05, 3.63) is 29.8 Å².